The summed E-state index contributed by atoms with van der Waals surface area (Å²) in [5.41, 5.74) is 7.81. The first-order valence-electron chi connectivity index (χ1n) is 5.70. The Morgan fingerprint density at radius 1 is 1.15 bits per heavy atom. The second-order valence-electron chi connectivity index (χ2n) is 4.27. The smallest absolute Gasteiger partial charge is 0.255 e. The van der Waals surface area contributed by atoms with E-state index in [-0.39, 0.29) is 21.6 Å². The van der Waals surface area contributed by atoms with Crippen LogP contribution >= 0.6 is 34.8 Å². The zero-order chi connectivity index (χ0) is 14.9. The minimum absolute atomic E-state index is 0.236. The molecular weight excluding hydrogens is 319 g/mol. The fourth-order valence-corrected chi connectivity index (χ4v) is 2.17. The highest BCUT2D eigenvalue weighted by Crippen LogP contribution is 2.30. The number of carbonyl (C=O) groups is 1. The molecule has 0 atom stereocenters. The van der Waals surface area contributed by atoms with E-state index in [0.717, 1.165) is 5.56 Å². The van der Waals surface area contributed by atoms with E-state index >= 15 is 0 Å². The predicted octanol–water partition coefficient (Wildman–Crippen LogP) is 4.79. The normalized spacial score (nSPS) is 10.4. The van der Waals surface area contributed by atoms with Gasteiger partial charge in [-0.25, -0.2) is 0 Å². The number of anilines is 2. The van der Waals surface area contributed by atoms with Crippen molar-refractivity contribution >= 4 is 52.1 Å². The molecule has 0 spiro atoms. The Hall–Kier alpha value is -1.42. The summed E-state index contributed by atoms with van der Waals surface area (Å²) in [4.78, 5) is 12.2. The van der Waals surface area contributed by atoms with Crippen molar-refractivity contribution < 1.29 is 4.79 Å². The lowest BCUT2D eigenvalue weighted by molar-refractivity contribution is 0.102. The van der Waals surface area contributed by atoms with Crippen molar-refractivity contribution in [2.45, 2.75) is 6.92 Å². The average Bonchev–Trinajstić information content (AvgIpc) is 2.39. The maximum absolute atomic E-state index is 12.2. The summed E-state index contributed by atoms with van der Waals surface area (Å²) in [7, 11) is 0. The van der Waals surface area contributed by atoms with E-state index < -0.39 is 0 Å². The molecular formula is C14H11Cl3N2O. The fourth-order valence-electron chi connectivity index (χ4n) is 1.66. The largest absolute Gasteiger partial charge is 0.397 e. The lowest BCUT2D eigenvalue weighted by Crippen LogP contribution is -2.13. The number of halogens is 3. The van der Waals surface area contributed by atoms with Crippen molar-refractivity contribution in [3.05, 3.63) is 56.5 Å². The fraction of sp³-hybridized carbons (Fsp3) is 0.0714. The van der Waals surface area contributed by atoms with Crippen LogP contribution in [0, 0.1) is 6.92 Å². The molecule has 1 amide bonds. The van der Waals surface area contributed by atoms with Crippen LogP contribution in [0.1, 0.15) is 15.9 Å². The Morgan fingerprint density at radius 2 is 1.85 bits per heavy atom. The molecule has 2 rings (SSSR count). The van der Waals surface area contributed by atoms with Crippen molar-refractivity contribution in [1.82, 2.24) is 0 Å². The highest BCUT2D eigenvalue weighted by atomic mass is 35.5. The second-order valence-corrected chi connectivity index (χ2v) is 5.50. The summed E-state index contributed by atoms with van der Waals surface area (Å²) in [6.07, 6.45) is 0. The summed E-state index contributed by atoms with van der Waals surface area (Å²) >= 11 is 17.7. The number of rotatable bonds is 2. The molecule has 0 aliphatic carbocycles. The molecule has 0 heterocycles. The third-order valence-corrected chi connectivity index (χ3v) is 3.82. The lowest BCUT2D eigenvalue weighted by Gasteiger charge is -2.10. The summed E-state index contributed by atoms with van der Waals surface area (Å²) in [6, 6.07) is 8.19. The van der Waals surface area contributed by atoms with Crippen LogP contribution in [0.5, 0.6) is 0 Å². The van der Waals surface area contributed by atoms with Gasteiger partial charge in [-0.15, -0.1) is 0 Å². The monoisotopic (exact) mass is 328 g/mol. The van der Waals surface area contributed by atoms with Gasteiger partial charge in [-0.2, -0.15) is 0 Å². The van der Waals surface area contributed by atoms with Crippen LogP contribution in [-0.2, 0) is 0 Å². The number of hydrogen-bond donors (Lipinski definition) is 2. The maximum Gasteiger partial charge on any atom is 0.255 e. The van der Waals surface area contributed by atoms with Crippen LogP contribution in [-0.4, -0.2) is 5.91 Å². The Kier molecular flexibility index (Phi) is 4.43. The molecule has 0 saturated carbocycles. The van der Waals surface area contributed by atoms with Crippen LogP contribution in [0.2, 0.25) is 15.1 Å². The molecule has 0 radical (unpaired) electrons. The number of nitrogen functional groups attached to an aromatic ring is 1. The van der Waals surface area contributed by atoms with E-state index in [1.54, 1.807) is 12.1 Å². The molecule has 0 aliphatic heterocycles. The summed E-state index contributed by atoms with van der Waals surface area (Å²) in [5, 5.41) is 3.78. The van der Waals surface area contributed by atoms with Gasteiger partial charge in [0.2, 0.25) is 0 Å². The van der Waals surface area contributed by atoms with Gasteiger partial charge in [0.1, 0.15) is 0 Å². The molecule has 104 valence electrons. The Labute approximate surface area is 131 Å². The standard InChI is InChI=1S/C14H11Cl3N2O/c1-7-2-3-9(15)6-12(7)19-14(20)8-4-10(16)13(17)11(18)5-8/h2-6H,18H2,1H3,(H,19,20). The summed E-state index contributed by atoms with van der Waals surface area (Å²) < 4.78 is 0. The topological polar surface area (TPSA) is 55.1 Å². The van der Waals surface area contributed by atoms with Gasteiger partial charge in [0, 0.05) is 16.3 Å². The van der Waals surface area contributed by atoms with Crippen molar-refractivity contribution in [2.75, 3.05) is 11.1 Å². The van der Waals surface area contributed by atoms with E-state index in [2.05, 4.69) is 5.32 Å². The minimum Gasteiger partial charge on any atom is -0.397 e. The Bertz CT molecular complexity index is 663. The first-order valence-corrected chi connectivity index (χ1v) is 6.84. The summed E-state index contributed by atoms with van der Waals surface area (Å²) in [5.74, 6) is -0.333. The van der Waals surface area contributed by atoms with Crippen molar-refractivity contribution in [2.24, 2.45) is 0 Å². The van der Waals surface area contributed by atoms with Gasteiger partial charge >= 0.3 is 0 Å². The van der Waals surface area contributed by atoms with E-state index in [4.69, 9.17) is 40.5 Å². The van der Waals surface area contributed by atoms with E-state index in [9.17, 15) is 4.79 Å². The van der Waals surface area contributed by atoms with Crippen LogP contribution in [0.25, 0.3) is 0 Å². The van der Waals surface area contributed by atoms with Gasteiger partial charge in [0.15, 0.2) is 0 Å². The van der Waals surface area contributed by atoms with E-state index in [0.29, 0.717) is 16.3 Å². The van der Waals surface area contributed by atoms with E-state index in [1.807, 2.05) is 13.0 Å². The second kappa shape index (κ2) is 5.92. The third kappa shape index (κ3) is 3.18. The van der Waals surface area contributed by atoms with Gasteiger partial charge in [-0.3, -0.25) is 4.79 Å². The Balaban J connectivity index is 2.31. The molecule has 2 aromatic rings. The lowest BCUT2D eigenvalue weighted by atomic mass is 10.1. The molecule has 2 aromatic carbocycles. The van der Waals surface area contributed by atoms with Crippen LogP contribution in [0.4, 0.5) is 11.4 Å². The SMILES string of the molecule is Cc1ccc(Cl)cc1NC(=O)c1cc(N)c(Cl)c(Cl)c1. The maximum atomic E-state index is 12.2. The first kappa shape index (κ1) is 15.0. The zero-order valence-corrected chi connectivity index (χ0v) is 12.8. The van der Waals surface area contributed by atoms with Gasteiger partial charge < -0.3 is 11.1 Å². The highest BCUT2D eigenvalue weighted by Gasteiger charge is 2.12. The highest BCUT2D eigenvalue weighted by molar-refractivity contribution is 6.44. The molecule has 0 fully saturated rings. The third-order valence-electron chi connectivity index (χ3n) is 2.77. The molecule has 6 heteroatoms. The van der Waals surface area contributed by atoms with Crippen molar-refractivity contribution in [3.63, 3.8) is 0 Å². The van der Waals surface area contributed by atoms with Gasteiger partial charge in [0.25, 0.3) is 5.91 Å². The van der Waals surface area contributed by atoms with Crippen LogP contribution in [0.15, 0.2) is 30.3 Å². The van der Waals surface area contributed by atoms with E-state index in [1.165, 1.54) is 12.1 Å². The van der Waals surface area contributed by atoms with Gasteiger partial charge in [-0.1, -0.05) is 40.9 Å². The van der Waals surface area contributed by atoms with Crippen molar-refractivity contribution in [3.8, 4) is 0 Å². The number of hydrogen-bond acceptors (Lipinski definition) is 2. The summed E-state index contributed by atoms with van der Waals surface area (Å²) in [6.45, 7) is 1.87. The minimum atomic E-state index is -0.333. The molecule has 0 aliphatic rings. The van der Waals surface area contributed by atoms with Gasteiger partial charge in [0.05, 0.1) is 15.7 Å². The average molecular weight is 330 g/mol. The molecule has 0 saturated heterocycles. The molecule has 3 N–H and O–H groups in total. The zero-order valence-electron chi connectivity index (χ0n) is 10.5. The number of benzene rings is 2. The van der Waals surface area contributed by atoms with Crippen LogP contribution < -0.4 is 11.1 Å². The molecule has 3 nitrogen and oxygen atoms in total. The van der Waals surface area contributed by atoms with Gasteiger partial charge in [-0.05, 0) is 36.8 Å². The first-order chi connectivity index (χ1) is 9.38. The number of nitrogens with two attached hydrogens (primary N) is 1. The Morgan fingerprint density at radius 3 is 2.50 bits per heavy atom. The molecule has 0 bridgehead atoms. The molecule has 0 unspecified atom stereocenters. The molecule has 0 aromatic heterocycles. The number of aryl methyl sites for hydroxylation is 1. The number of carbonyl (C=O) groups excluding carboxylic acids is 1. The predicted molar refractivity (Wildman–Crippen MR) is 85.0 cm³/mol. The number of amides is 1. The quantitative estimate of drug-likeness (QED) is 0.778. The molecule has 20 heavy (non-hydrogen) atoms. The number of nitrogens with one attached hydrogen (secondary N) is 1. The van der Waals surface area contributed by atoms with Crippen LogP contribution in [0.3, 0.4) is 0 Å². The van der Waals surface area contributed by atoms with Crippen molar-refractivity contribution in [1.29, 1.82) is 0 Å².